The predicted molar refractivity (Wildman–Crippen MR) is 81.0 cm³/mol. The van der Waals surface area contributed by atoms with E-state index in [-0.39, 0.29) is 5.91 Å². The molecule has 0 bridgehead atoms. The molecule has 110 valence electrons. The summed E-state index contributed by atoms with van der Waals surface area (Å²) < 4.78 is 5.33. The van der Waals surface area contributed by atoms with Crippen molar-refractivity contribution >= 4 is 17.3 Å². The zero-order valence-electron chi connectivity index (χ0n) is 12.0. The van der Waals surface area contributed by atoms with E-state index in [1.54, 1.807) is 0 Å². The summed E-state index contributed by atoms with van der Waals surface area (Å²) in [6.07, 6.45) is 1.61. The van der Waals surface area contributed by atoms with Crippen molar-refractivity contribution in [2.45, 2.75) is 25.8 Å². The number of amides is 1. The van der Waals surface area contributed by atoms with Crippen LogP contribution in [0.1, 0.15) is 19.8 Å². The molecule has 5 heteroatoms. The fourth-order valence-corrected chi connectivity index (χ4v) is 2.25. The SMILES string of the molecule is CCC[C@@H](N)C(=O)Nc1ccc(N2CCOCC2)cc1. The fraction of sp³-hybridized carbons (Fsp3) is 0.533. The van der Waals surface area contributed by atoms with Gasteiger partial charge in [0.1, 0.15) is 0 Å². The van der Waals surface area contributed by atoms with E-state index in [1.807, 2.05) is 31.2 Å². The molecule has 3 N–H and O–H groups in total. The Balaban J connectivity index is 1.92. The predicted octanol–water partition coefficient (Wildman–Crippen LogP) is 1.59. The van der Waals surface area contributed by atoms with Crippen LogP contribution in [-0.2, 0) is 9.53 Å². The summed E-state index contributed by atoms with van der Waals surface area (Å²) in [6.45, 7) is 5.37. The number of hydrogen-bond donors (Lipinski definition) is 2. The number of rotatable bonds is 5. The maximum Gasteiger partial charge on any atom is 0.241 e. The number of anilines is 2. The van der Waals surface area contributed by atoms with Crippen LogP contribution in [0.5, 0.6) is 0 Å². The van der Waals surface area contributed by atoms with Gasteiger partial charge >= 0.3 is 0 Å². The molecule has 0 saturated carbocycles. The Kier molecular flexibility index (Phi) is 5.38. The van der Waals surface area contributed by atoms with Gasteiger partial charge in [0.2, 0.25) is 5.91 Å². The number of morpholine rings is 1. The molecule has 1 aliphatic heterocycles. The molecule has 1 saturated heterocycles. The minimum atomic E-state index is -0.432. The summed E-state index contributed by atoms with van der Waals surface area (Å²) in [5, 5.41) is 2.85. The van der Waals surface area contributed by atoms with Gasteiger partial charge in [-0.05, 0) is 30.7 Å². The van der Waals surface area contributed by atoms with Crippen molar-refractivity contribution in [1.29, 1.82) is 0 Å². The van der Waals surface area contributed by atoms with E-state index < -0.39 is 6.04 Å². The number of ether oxygens (including phenoxy) is 1. The molecule has 0 aromatic heterocycles. The first-order chi connectivity index (χ1) is 9.70. The van der Waals surface area contributed by atoms with E-state index in [9.17, 15) is 4.79 Å². The molecule has 0 spiro atoms. The maximum atomic E-state index is 11.8. The first-order valence-corrected chi connectivity index (χ1v) is 7.20. The van der Waals surface area contributed by atoms with Gasteiger partial charge in [0.25, 0.3) is 0 Å². The van der Waals surface area contributed by atoms with Crippen LogP contribution in [0.4, 0.5) is 11.4 Å². The smallest absolute Gasteiger partial charge is 0.241 e. The van der Waals surface area contributed by atoms with Crippen LogP contribution in [0.3, 0.4) is 0 Å². The molecule has 1 aliphatic rings. The van der Waals surface area contributed by atoms with Crippen molar-refractivity contribution in [3.8, 4) is 0 Å². The van der Waals surface area contributed by atoms with Crippen molar-refractivity contribution in [1.82, 2.24) is 0 Å². The average Bonchev–Trinajstić information content (AvgIpc) is 2.49. The molecule has 1 atom stereocenters. The second-order valence-electron chi connectivity index (χ2n) is 5.03. The Bertz CT molecular complexity index is 427. The monoisotopic (exact) mass is 277 g/mol. The number of carbonyl (C=O) groups is 1. The summed E-state index contributed by atoms with van der Waals surface area (Å²) in [5.74, 6) is -0.119. The lowest BCUT2D eigenvalue weighted by Gasteiger charge is -2.28. The van der Waals surface area contributed by atoms with Gasteiger partial charge in [-0.1, -0.05) is 13.3 Å². The summed E-state index contributed by atoms with van der Waals surface area (Å²) in [4.78, 5) is 14.1. The molecule has 0 unspecified atom stereocenters. The summed E-state index contributed by atoms with van der Waals surface area (Å²) in [7, 11) is 0. The molecule has 1 fully saturated rings. The number of nitrogens with zero attached hydrogens (tertiary/aromatic N) is 1. The van der Waals surface area contributed by atoms with Gasteiger partial charge in [0, 0.05) is 24.5 Å². The average molecular weight is 277 g/mol. The number of hydrogen-bond acceptors (Lipinski definition) is 4. The molecule has 5 nitrogen and oxygen atoms in total. The van der Waals surface area contributed by atoms with Gasteiger partial charge in [-0.2, -0.15) is 0 Å². The van der Waals surface area contributed by atoms with Crippen molar-refractivity contribution in [2.24, 2.45) is 5.73 Å². The third-order valence-corrected chi connectivity index (χ3v) is 3.45. The highest BCUT2D eigenvalue weighted by atomic mass is 16.5. The van der Waals surface area contributed by atoms with Gasteiger partial charge in [-0.15, -0.1) is 0 Å². The van der Waals surface area contributed by atoms with Crippen molar-refractivity contribution in [2.75, 3.05) is 36.5 Å². The highest BCUT2D eigenvalue weighted by molar-refractivity contribution is 5.94. The zero-order valence-corrected chi connectivity index (χ0v) is 12.0. The largest absolute Gasteiger partial charge is 0.378 e. The minimum Gasteiger partial charge on any atom is -0.378 e. The normalized spacial score (nSPS) is 16.8. The van der Waals surface area contributed by atoms with Crippen LogP contribution in [-0.4, -0.2) is 38.3 Å². The van der Waals surface area contributed by atoms with Crippen LogP contribution < -0.4 is 16.0 Å². The molecule has 20 heavy (non-hydrogen) atoms. The minimum absolute atomic E-state index is 0.119. The van der Waals surface area contributed by atoms with Crippen LogP contribution in [0, 0.1) is 0 Å². The number of carbonyl (C=O) groups excluding carboxylic acids is 1. The Morgan fingerprint density at radius 1 is 1.35 bits per heavy atom. The van der Waals surface area contributed by atoms with Gasteiger partial charge in [-0.3, -0.25) is 4.79 Å². The Morgan fingerprint density at radius 2 is 2.00 bits per heavy atom. The summed E-state index contributed by atoms with van der Waals surface area (Å²) >= 11 is 0. The van der Waals surface area contributed by atoms with Gasteiger partial charge in [-0.25, -0.2) is 0 Å². The van der Waals surface area contributed by atoms with Gasteiger partial charge < -0.3 is 20.7 Å². The van der Waals surface area contributed by atoms with E-state index in [4.69, 9.17) is 10.5 Å². The highest BCUT2D eigenvalue weighted by Crippen LogP contribution is 2.19. The Hall–Kier alpha value is -1.59. The van der Waals surface area contributed by atoms with E-state index in [1.165, 1.54) is 0 Å². The summed E-state index contributed by atoms with van der Waals surface area (Å²) in [6, 6.07) is 7.44. The number of nitrogens with two attached hydrogens (primary N) is 1. The third-order valence-electron chi connectivity index (χ3n) is 3.45. The number of benzene rings is 1. The van der Waals surface area contributed by atoms with Crippen LogP contribution in [0.2, 0.25) is 0 Å². The lowest BCUT2D eigenvalue weighted by Crippen LogP contribution is -2.36. The third kappa shape index (κ3) is 3.95. The molecule has 0 aliphatic carbocycles. The number of nitrogens with one attached hydrogen (secondary N) is 1. The molecule has 1 aromatic rings. The molecular weight excluding hydrogens is 254 g/mol. The van der Waals surface area contributed by atoms with Crippen molar-refractivity contribution < 1.29 is 9.53 Å². The zero-order chi connectivity index (χ0) is 14.4. The topological polar surface area (TPSA) is 67.6 Å². The second-order valence-corrected chi connectivity index (χ2v) is 5.03. The quantitative estimate of drug-likeness (QED) is 0.857. The van der Waals surface area contributed by atoms with E-state index in [0.29, 0.717) is 6.42 Å². The molecule has 2 rings (SSSR count). The van der Waals surface area contributed by atoms with Crippen molar-refractivity contribution in [3.63, 3.8) is 0 Å². The Morgan fingerprint density at radius 3 is 2.60 bits per heavy atom. The molecule has 1 amide bonds. The molecule has 1 heterocycles. The summed E-state index contributed by atoms with van der Waals surface area (Å²) in [5.41, 5.74) is 7.74. The Labute approximate surface area is 120 Å². The van der Waals surface area contributed by atoms with Crippen molar-refractivity contribution in [3.05, 3.63) is 24.3 Å². The highest BCUT2D eigenvalue weighted by Gasteiger charge is 2.13. The van der Waals surface area contributed by atoms with Crippen LogP contribution in [0.15, 0.2) is 24.3 Å². The molecule has 0 radical (unpaired) electrons. The second kappa shape index (κ2) is 7.26. The molecule has 1 aromatic carbocycles. The first-order valence-electron chi connectivity index (χ1n) is 7.20. The fourth-order valence-electron chi connectivity index (χ4n) is 2.25. The van der Waals surface area contributed by atoms with Gasteiger partial charge in [0.15, 0.2) is 0 Å². The van der Waals surface area contributed by atoms with E-state index in [0.717, 1.165) is 44.1 Å². The maximum absolute atomic E-state index is 11.8. The lowest BCUT2D eigenvalue weighted by molar-refractivity contribution is -0.117. The standard InChI is InChI=1S/C15H23N3O2/c1-2-3-14(16)15(19)17-12-4-6-13(7-5-12)18-8-10-20-11-9-18/h4-7,14H,2-3,8-11,16H2,1H3,(H,17,19)/t14-/m1/s1. The molecular formula is C15H23N3O2. The lowest BCUT2D eigenvalue weighted by atomic mass is 10.1. The van der Waals surface area contributed by atoms with E-state index >= 15 is 0 Å². The van der Waals surface area contributed by atoms with Gasteiger partial charge in [0.05, 0.1) is 19.3 Å². The van der Waals surface area contributed by atoms with E-state index in [2.05, 4.69) is 10.2 Å². The van der Waals surface area contributed by atoms with Crippen LogP contribution >= 0.6 is 0 Å². The first kappa shape index (κ1) is 14.8. The van der Waals surface area contributed by atoms with Crippen LogP contribution in [0.25, 0.3) is 0 Å².